The summed E-state index contributed by atoms with van der Waals surface area (Å²) in [6.07, 6.45) is 2.39. The summed E-state index contributed by atoms with van der Waals surface area (Å²) < 4.78 is 46.0. The van der Waals surface area contributed by atoms with Gasteiger partial charge in [0.05, 0.1) is 23.7 Å². The molecule has 1 N–H and O–H groups in total. The van der Waals surface area contributed by atoms with E-state index in [1.165, 1.54) is 0 Å². The van der Waals surface area contributed by atoms with Crippen molar-refractivity contribution in [2.24, 2.45) is 10.2 Å². The maximum Gasteiger partial charge on any atom is 0.461 e. The molecule has 0 fully saturated rings. The largest absolute Gasteiger partial charge is 0.461 e. The first-order chi connectivity index (χ1) is 15.6. The van der Waals surface area contributed by atoms with Crippen LogP contribution in [0.5, 0.6) is 0 Å². The topological polar surface area (TPSA) is 92.1 Å². The molecule has 2 aromatic rings. The molecular formula is C20H25F3N6O2S2. The first-order valence-corrected chi connectivity index (χ1v) is 12.1. The molecule has 33 heavy (non-hydrogen) atoms. The van der Waals surface area contributed by atoms with Gasteiger partial charge in [-0.3, -0.25) is 0 Å². The number of hydrogen-bond acceptors (Lipinski definition) is 10. The van der Waals surface area contributed by atoms with E-state index in [1.54, 1.807) is 26.0 Å². The molecule has 1 aliphatic rings. The highest BCUT2D eigenvalue weighted by molar-refractivity contribution is 8.01. The van der Waals surface area contributed by atoms with Gasteiger partial charge in [0.15, 0.2) is 0 Å². The quantitative estimate of drug-likeness (QED) is 0.245. The third-order valence-corrected chi connectivity index (χ3v) is 6.30. The van der Waals surface area contributed by atoms with Crippen LogP contribution in [-0.4, -0.2) is 40.4 Å². The first-order valence-electron chi connectivity index (χ1n) is 10.5. The van der Waals surface area contributed by atoms with E-state index in [1.807, 2.05) is 6.92 Å². The minimum absolute atomic E-state index is 0.0262. The predicted octanol–water partition coefficient (Wildman–Crippen LogP) is 6.65. The minimum atomic E-state index is -4.47. The van der Waals surface area contributed by atoms with Gasteiger partial charge in [0, 0.05) is 18.3 Å². The normalized spacial score (nSPS) is 16.4. The number of esters is 1. The van der Waals surface area contributed by atoms with E-state index in [9.17, 15) is 18.0 Å². The molecule has 1 aromatic heterocycles. The second-order valence-corrected chi connectivity index (χ2v) is 9.41. The molecule has 0 bridgehead atoms. The maximum atomic E-state index is 12.9. The number of hydrogen-bond donors (Lipinski definition) is 1. The van der Waals surface area contributed by atoms with E-state index >= 15 is 0 Å². The van der Waals surface area contributed by atoms with E-state index < -0.39 is 11.5 Å². The van der Waals surface area contributed by atoms with Crippen molar-refractivity contribution in [1.82, 2.24) is 10.2 Å². The molecule has 8 nitrogen and oxygen atoms in total. The smallest absolute Gasteiger partial charge is 0.458 e. The Morgan fingerprint density at radius 1 is 1.33 bits per heavy atom. The summed E-state index contributed by atoms with van der Waals surface area (Å²) in [6.45, 7) is 8.31. The fourth-order valence-electron chi connectivity index (χ4n) is 3.59. The van der Waals surface area contributed by atoms with Crippen molar-refractivity contribution in [2.75, 3.05) is 16.2 Å². The van der Waals surface area contributed by atoms with Gasteiger partial charge in [-0.05, 0) is 57.7 Å². The second-order valence-electron chi connectivity index (χ2n) is 7.58. The van der Waals surface area contributed by atoms with Gasteiger partial charge in [-0.1, -0.05) is 18.3 Å². The summed E-state index contributed by atoms with van der Waals surface area (Å²) in [5, 5.41) is 15.8. The van der Waals surface area contributed by atoms with E-state index in [0.717, 1.165) is 48.4 Å². The van der Waals surface area contributed by atoms with E-state index in [-0.39, 0.29) is 39.6 Å². The van der Waals surface area contributed by atoms with E-state index in [0.29, 0.717) is 6.04 Å². The standard InChI is InChI=1S/C20H25F3N6O2S2/c1-5-13-8-7-12-9-14(15(28-33-20(21,22)23)10-16(12)29(13)6-2)24-26-19-27-25-17(32-19)18(30)31-11(3)4/h9-11,13,28H,5-8H2,1-4H3. The Hall–Kier alpha value is -2.41. The number of rotatable bonds is 8. The molecule has 180 valence electrons. The average Bonchev–Trinajstić information content (AvgIpc) is 3.23. The zero-order valence-electron chi connectivity index (χ0n) is 18.6. The van der Waals surface area contributed by atoms with Crippen molar-refractivity contribution in [1.29, 1.82) is 0 Å². The van der Waals surface area contributed by atoms with Crippen LogP contribution in [0.2, 0.25) is 0 Å². The molecule has 13 heteroatoms. The zero-order chi connectivity index (χ0) is 24.2. The summed E-state index contributed by atoms with van der Waals surface area (Å²) >= 11 is 0.536. The monoisotopic (exact) mass is 502 g/mol. The summed E-state index contributed by atoms with van der Waals surface area (Å²) in [6, 6.07) is 3.78. The van der Waals surface area contributed by atoms with Crippen LogP contribution in [0.25, 0.3) is 0 Å². The molecule has 0 amide bonds. The third kappa shape index (κ3) is 6.56. The van der Waals surface area contributed by atoms with Crippen LogP contribution in [0.1, 0.15) is 55.9 Å². The Morgan fingerprint density at radius 3 is 2.73 bits per heavy atom. The Bertz CT molecular complexity index is 1010. The molecule has 1 unspecified atom stereocenters. The number of nitrogens with one attached hydrogen (secondary N) is 1. The van der Waals surface area contributed by atoms with Crippen molar-refractivity contribution >= 4 is 51.4 Å². The van der Waals surface area contributed by atoms with Crippen molar-refractivity contribution in [2.45, 2.75) is 64.6 Å². The zero-order valence-corrected chi connectivity index (χ0v) is 20.3. The summed E-state index contributed by atoms with van der Waals surface area (Å²) in [7, 11) is 0. The van der Waals surface area contributed by atoms with Gasteiger partial charge in [-0.15, -0.1) is 20.4 Å². The molecule has 0 spiro atoms. The molecule has 0 aliphatic carbocycles. The Kier molecular flexibility index (Phi) is 8.16. The Labute approximate surface area is 198 Å². The van der Waals surface area contributed by atoms with E-state index in [2.05, 4.69) is 37.0 Å². The predicted molar refractivity (Wildman–Crippen MR) is 124 cm³/mol. The average molecular weight is 503 g/mol. The lowest BCUT2D eigenvalue weighted by Crippen LogP contribution is -2.38. The van der Waals surface area contributed by atoms with Crippen LogP contribution in [0.3, 0.4) is 0 Å². The van der Waals surface area contributed by atoms with Gasteiger partial charge >= 0.3 is 11.5 Å². The second kappa shape index (κ2) is 10.7. The van der Waals surface area contributed by atoms with Crippen LogP contribution >= 0.6 is 23.3 Å². The maximum absolute atomic E-state index is 12.9. The van der Waals surface area contributed by atoms with Gasteiger partial charge in [-0.2, -0.15) is 13.2 Å². The van der Waals surface area contributed by atoms with Crippen molar-refractivity contribution in [3.05, 3.63) is 22.7 Å². The number of carbonyl (C=O) groups is 1. The lowest BCUT2D eigenvalue weighted by atomic mass is 9.93. The van der Waals surface area contributed by atoms with Gasteiger partial charge in [-0.25, -0.2) is 4.79 Å². The number of azo groups is 1. The third-order valence-electron chi connectivity index (χ3n) is 4.96. The molecule has 0 radical (unpaired) electrons. The first kappa shape index (κ1) is 25.2. The van der Waals surface area contributed by atoms with Crippen LogP contribution in [0, 0.1) is 0 Å². The molecule has 1 atom stereocenters. The number of alkyl halides is 3. The molecule has 2 heterocycles. The molecule has 0 saturated carbocycles. The van der Waals surface area contributed by atoms with E-state index in [4.69, 9.17) is 4.74 Å². The van der Waals surface area contributed by atoms with Crippen LogP contribution in [-0.2, 0) is 11.2 Å². The fourth-order valence-corrected chi connectivity index (χ4v) is 4.53. The summed E-state index contributed by atoms with van der Waals surface area (Å²) in [4.78, 5) is 14.1. The lowest BCUT2D eigenvalue weighted by molar-refractivity contribution is -0.0324. The Morgan fingerprint density at radius 2 is 2.09 bits per heavy atom. The van der Waals surface area contributed by atoms with Crippen LogP contribution in [0.15, 0.2) is 22.4 Å². The molecule has 3 rings (SSSR count). The number of aryl methyl sites for hydroxylation is 1. The number of anilines is 2. The van der Waals surface area contributed by atoms with Gasteiger partial charge in [0.2, 0.25) is 5.01 Å². The molecular weight excluding hydrogens is 477 g/mol. The van der Waals surface area contributed by atoms with Gasteiger partial charge in [0.25, 0.3) is 5.13 Å². The molecule has 1 aliphatic heterocycles. The molecule has 1 aromatic carbocycles. The minimum Gasteiger partial charge on any atom is -0.458 e. The van der Waals surface area contributed by atoms with Crippen molar-refractivity contribution in [3.63, 3.8) is 0 Å². The number of carbonyl (C=O) groups excluding carboxylic acids is 1. The summed E-state index contributed by atoms with van der Waals surface area (Å²) in [5.41, 5.74) is -2.13. The number of halogens is 3. The Balaban J connectivity index is 1.92. The lowest BCUT2D eigenvalue weighted by Gasteiger charge is -2.38. The van der Waals surface area contributed by atoms with Gasteiger partial charge < -0.3 is 14.4 Å². The number of ether oxygens (including phenoxy) is 1. The number of aromatic nitrogens is 2. The highest BCUT2D eigenvalue weighted by Gasteiger charge is 2.30. The fraction of sp³-hybridized carbons (Fsp3) is 0.550. The number of benzene rings is 1. The highest BCUT2D eigenvalue weighted by Crippen LogP contribution is 2.42. The number of fused-ring (bicyclic) bond motifs is 1. The number of nitrogens with zero attached hydrogens (tertiary/aromatic N) is 5. The summed E-state index contributed by atoms with van der Waals surface area (Å²) in [5.74, 6) is -0.619. The van der Waals surface area contributed by atoms with Crippen molar-refractivity contribution < 1.29 is 22.7 Å². The van der Waals surface area contributed by atoms with Crippen LogP contribution < -0.4 is 9.62 Å². The molecule has 0 saturated heterocycles. The van der Waals surface area contributed by atoms with Crippen molar-refractivity contribution in [3.8, 4) is 0 Å². The van der Waals surface area contributed by atoms with Gasteiger partial charge in [0.1, 0.15) is 5.69 Å². The van der Waals surface area contributed by atoms with Crippen LogP contribution in [0.4, 0.5) is 35.4 Å². The SMILES string of the molecule is CCC1CCc2cc(N=Nc3nnc(C(=O)OC(C)C)s3)c(NSC(F)(F)F)cc2N1CC. The highest BCUT2D eigenvalue weighted by atomic mass is 32.2.